The second-order valence-electron chi connectivity index (χ2n) is 3.44. The fourth-order valence-corrected chi connectivity index (χ4v) is 2.42. The summed E-state index contributed by atoms with van der Waals surface area (Å²) in [4.78, 5) is 0. The minimum atomic E-state index is -0.161. The molecule has 2 heterocycles. The summed E-state index contributed by atoms with van der Waals surface area (Å²) in [6.07, 6.45) is 0.680. The third kappa shape index (κ3) is 1.70. The van der Waals surface area contributed by atoms with E-state index in [-0.39, 0.29) is 6.29 Å². The molecule has 76 valence electrons. The van der Waals surface area contributed by atoms with Gasteiger partial charge in [-0.3, -0.25) is 0 Å². The molecule has 1 aromatic heterocycles. The van der Waals surface area contributed by atoms with Crippen molar-refractivity contribution in [2.75, 3.05) is 0 Å². The van der Waals surface area contributed by atoms with Crippen LogP contribution in [0.25, 0.3) is 0 Å². The van der Waals surface area contributed by atoms with Gasteiger partial charge in [0.2, 0.25) is 6.29 Å². The van der Waals surface area contributed by atoms with Crippen molar-refractivity contribution in [3.05, 3.63) is 46.7 Å². The Bertz CT molecular complexity index is 429. The van der Waals surface area contributed by atoms with Gasteiger partial charge in [-0.25, -0.2) is 0 Å². The van der Waals surface area contributed by atoms with Gasteiger partial charge in [0, 0.05) is 10.9 Å². The number of para-hydroxylation sites is 1. The van der Waals surface area contributed by atoms with Gasteiger partial charge in [-0.2, -0.15) is 0 Å². The lowest BCUT2D eigenvalue weighted by atomic mass is 10.2. The molecule has 1 aliphatic rings. The number of ether oxygens (including phenoxy) is 2. The fraction of sp³-hybridized carbons (Fsp3) is 0.167. The van der Waals surface area contributed by atoms with E-state index in [2.05, 4.69) is 5.38 Å². The molecule has 0 bridgehead atoms. The van der Waals surface area contributed by atoms with Crippen LogP contribution in [0.4, 0.5) is 0 Å². The van der Waals surface area contributed by atoms with E-state index < -0.39 is 0 Å². The lowest BCUT2D eigenvalue weighted by molar-refractivity contribution is 0.0253. The highest BCUT2D eigenvalue weighted by Crippen LogP contribution is 2.32. The van der Waals surface area contributed by atoms with Gasteiger partial charge in [0.25, 0.3) is 0 Å². The summed E-state index contributed by atoms with van der Waals surface area (Å²) in [6, 6.07) is 9.77. The van der Waals surface area contributed by atoms with Crippen LogP contribution < -0.4 is 9.47 Å². The van der Waals surface area contributed by atoms with Crippen molar-refractivity contribution in [1.29, 1.82) is 0 Å². The zero-order valence-electron chi connectivity index (χ0n) is 8.05. The van der Waals surface area contributed by atoms with Crippen LogP contribution >= 0.6 is 11.3 Å². The maximum absolute atomic E-state index is 5.70. The fourth-order valence-electron chi connectivity index (χ4n) is 1.64. The molecule has 3 rings (SSSR count). The Morgan fingerprint density at radius 3 is 2.87 bits per heavy atom. The number of benzene rings is 1. The van der Waals surface area contributed by atoms with Crippen LogP contribution in [0.3, 0.4) is 0 Å². The third-order valence-electron chi connectivity index (χ3n) is 2.36. The average molecular weight is 218 g/mol. The number of hydrogen-bond acceptors (Lipinski definition) is 3. The average Bonchev–Trinajstić information content (AvgIpc) is 2.79. The van der Waals surface area contributed by atoms with Crippen LogP contribution in [0, 0.1) is 0 Å². The topological polar surface area (TPSA) is 18.5 Å². The summed E-state index contributed by atoms with van der Waals surface area (Å²) in [7, 11) is 0. The van der Waals surface area contributed by atoms with Gasteiger partial charge in [-0.05, 0) is 17.5 Å². The molecule has 0 radical (unpaired) electrons. The molecule has 0 amide bonds. The molecule has 3 heteroatoms. The van der Waals surface area contributed by atoms with Crippen molar-refractivity contribution >= 4 is 11.3 Å². The summed E-state index contributed by atoms with van der Waals surface area (Å²) >= 11 is 1.67. The number of hydrogen-bond donors (Lipinski definition) is 0. The normalized spacial score (nSPS) is 18.3. The Kier molecular flexibility index (Phi) is 2.10. The number of fused-ring (bicyclic) bond motifs is 1. The lowest BCUT2D eigenvalue weighted by Gasteiger charge is -2.13. The van der Waals surface area contributed by atoms with Gasteiger partial charge in [0.1, 0.15) is 11.5 Å². The van der Waals surface area contributed by atoms with Gasteiger partial charge in [0.05, 0.1) is 6.42 Å². The first-order valence-corrected chi connectivity index (χ1v) is 5.79. The SMILES string of the molecule is c1ccc(OC2Cc3cscc3O2)cc1. The van der Waals surface area contributed by atoms with Crippen molar-refractivity contribution in [2.24, 2.45) is 0 Å². The predicted octanol–water partition coefficient (Wildman–Crippen LogP) is 3.09. The Morgan fingerprint density at radius 2 is 2.07 bits per heavy atom. The van der Waals surface area contributed by atoms with E-state index in [0.29, 0.717) is 0 Å². The summed E-state index contributed by atoms with van der Waals surface area (Å²) in [5.74, 6) is 1.83. The van der Waals surface area contributed by atoms with Crippen LogP contribution in [0.15, 0.2) is 41.1 Å². The first kappa shape index (κ1) is 8.80. The Hall–Kier alpha value is -1.48. The summed E-state index contributed by atoms with van der Waals surface area (Å²) in [5, 5.41) is 4.13. The molecular formula is C12H10O2S. The van der Waals surface area contributed by atoms with E-state index >= 15 is 0 Å². The Labute approximate surface area is 92.1 Å². The second kappa shape index (κ2) is 3.59. The molecule has 2 aromatic rings. The van der Waals surface area contributed by atoms with Crippen molar-refractivity contribution in [3.8, 4) is 11.5 Å². The summed E-state index contributed by atoms with van der Waals surface area (Å²) in [6.45, 7) is 0. The van der Waals surface area contributed by atoms with Gasteiger partial charge < -0.3 is 9.47 Å². The highest BCUT2D eigenvalue weighted by atomic mass is 32.1. The van der Waals surface area contributed by atoms with E-state index in [1.165, 1.54) is 5.56 Å². The van der Waals surface area contributed by atoms with Crippen molar-refractivity contribution in [2.45, 2.75) is 12.7 Å². The van der Waals surface area contributed by atoms with Crippen LogP contribution in [0.2, 0.25) is 0 Å². The minimum Gasteiger partial charge on any atom is -0.455 e. The molecule has 0 spiro atoms. The Balaban J connectivity index is 1.70. The predicted molar refractivity (Wildman–Crippen MR) is 59.5 cm³/mol. The molecule has 15 heavy (non-hydrogen) atoms. The van der Waals surface area contributed by atoms with E-state index in [0.717, 1.165) is 17.9 Å². The standard InChI is InChI=1S/C12H10O2S/c1-2-4-10(5-3-1)13-12-6-9-7-15-8-11(9)14-12/h1-5,7-8,12H,6H2. The van der Waals surface area contributed by atoms with Crippen LogP contribution in [0.5, 0.6) is 11.5 Å². The lowest BCUT2D eigenvalue weighted by Crippen LogP contribution is -2.20. The maximum Gasteiger partial charge on any atom is 0.245 e. The molecule has 1 aromatic carbocycles. The van der Waals surface area contributed by atoms with Crippen molar-refractivity contribution in [3.63, 3.8) is 0 Å². The van der Waals surface area contributed by atoms with Crippen LogP contribution in [0.1, 0.15) is 5.56 Å². The van der Waals surface area contributed by atoms with Crippen LogP contribution in [-0.4, -0.2) is 6.29 Å². The van der Waals surface area contributed by atoms with Crippen molar-refractivity contribution in [1.82, 2.24) is 0 Å². The van der Waals surface area contributed by atoms with E-state index in [9.17, 15) is 0 Å². The molecule has 0 saturated carbocycles. The van der Waals surface area contributed by atoms with E-state index in [1.807, 2.05) is 35.7 Å². The molecule has 1 atom stereocenters. The van der Waals surface area contributed by atoms with E-state index in [1.54, 1.807) is 11.3 Å². The second-order valence-corrected chi connectivity index (χ2v) is 4.19. The molecule has 1 unspecified atom stereocenters. The minimum absolute atomic E-state index is 0.161. The molecule has 0 fully saturated rings. The highest BCUT2D eigenvalue weighted by Gasteiger charge is 2.24. The zero-order valence-corrected chi connectivity index (χ0v) is 8.87. The third-order valence-corrected chi connectivity index (χ3v) is 3.13. The van der Waals surface area contributed by atoms with Crippen molar-refractivity contribution < 1.29 is 9.47 Å². The highest BCUT2D eigenvalue weighted by molar-refractivity contribution is 7.08. The molecule has 0 N–H and O–H groups in total. The Morgan fingerprint density at radius 1 is 1.20 bits per heavy atom. The van der Waals surface area contributed by atoms with Gasteiger partial charge >= 0.3 is 0 Å². The summed E-state index contributed by atoms with van der Waals surface area (Å²) in [5.41, 5.74) is 1.25. The molecule has 2 nitrogen and oxygen atoms in total. The number of thiophene rings is 1. The number of rotatable bonds is 2. The smallest absolute Gasteiger partial charge is 0.245 e. The molecule has 1 aliphatic heterocycles. The van der Waals surface area contributed by atoms with Crippen LogP contribution in [-0.2, 0) is 6.42 Å². The van der Waals surface area contributed by atoms with Gasteiger partial charge in [-0.1, -0.05) is 18.2 Å². The first-order chi connectivity index (χ1) is 7.42. The quantitative estimate of drug-likeness (QED) is 0.771. The maximum atomic E-state index is 5.70. The summed E-state index contributed by atoms with van der Waals surface area (Å²) < 4.78 is 11.3. The van der Waals surface area contributed by atoms with Gasteiger partial charge in [0.15, 0.2) is 0 Å². The van der Waals surface area contributed by atoms with E-state index in [4.69, 9.17) is 9.47 Å². The van der Waals surface area contributed by atoms with Gasteiger partial charge in [-0.15, -0.1) is 11.3 Å². The zero-order chi connectivity index (χ0) is 10.1. The molecular weight excluding hydrogens is 208 g/mol. The molecule has 0 saturated heterocycles. The molecule has 0 aliphatic carbocycles. The first-order valence-electron chi connectivity index (χ1n) is 4.85. The monoisotopic (exact) mass is 218 g/mol. The largest absolute Gasteiger partial charge is 0.455 e.